The minimum absolute atomic E-state index is 0.132. The molecule has 0 radical (unpaired) electrons. The van der Waals surface area contributed by atoms with Gasteiger partial charge in [0, 0.05) is 38.7 Å². The Kier molecular flexibility index (Phi) is 9.50. The van der Waals surface area contributed by atoms with Crippen LogP contribution in [0.5, 0.6) is 0 Å². The molecular formula is C28H41FN2O3Si. The van der Waals surface area contributed by atoms with Crippen LogP contribution in [-0.4, -0.2) is 57.3 Å². The number of ether oxygens (including phenoxy) is 1. The fraction of sp³-hybridized carbons (Fsp3) is 0.536. The first-order valence-electron chi connectivity index (χ1n) is 12.6. The molecule has 192 valence electrons. The third kappa shape index (κ3) is 7.89. The molecule has 1 saturated heterocycles. The normalized spacial score (nSPS) is 21.5. The van der Waals surface area contributed by atoms with E-state index in [1.165, 1.54) is 0 Å². The number of benzene rings is 2. The first kappa shape index (κ1) is 27.4. The maximum absolute atomic E-state index is 15.8. The van der Waals surface area contributed by atoms with Crippen molar-refractivity contribution in [3.63, 3.8) is 0 Å². The van der Waals surface area contributed by atoms with Gasteiger partial charge in [0.1, 0.15) is 6.10 Å². The maximum atomic E-state index is 15.8. The number of halogens is 1. The molecular weight excluding hydrogens is 459 g/mol. The van der Waals surface area contributed by atoms with E-state index in [2.05, 4.69) is 44.1 Å². The molecule has 1 heterocycles. The van der Waals surface area contributed by atoms with Gasteiger partial charge in [0.05, 0.1) is 0 Å². The van der Waals surface area contributed by atoms with Crippen LogP contribution >= 0.6 is 0 Å². The molecule has 1 aliphatic heterocycles. The summed E-state index contributed by atoms with van der Waals surface area (Å²) in [5.74, 6) is 0. The molecule has 0 aliphatic carbocycles. The molecule has 1 fully saturated rings. The summed E-state index contributed by atoms with van der Waals surface area (Å²) < 4.78 is 27.8. The fourth-order valence-corrected chi connectivity index (χ4v) is 5.18. The van der Waals surface area contributed by atoms with Crippen LogP contribution in [0, 0.1) is 0 Å². The number of piperidine rings is 1. The van der Waals surface area contributed by atoms with Gasteiger partial charge in [0.15, 0.2) is 14.5 Å². The van der Waals surface area contributed by atoms with Crippen molar-refractivity contribution in [1.82, 2.24) is 10.2 Å². The molecule has 2 aromatic rings. The first-order chi connectivity index (χ1) is 16.6. The van der Waals surface area contributed by atoms with Crippen molar-refractivity contribution >= 4 is 14.4 Å². The van der Waals surface area contributed by atoms with Crippen LogP contribution < -0.4 is 5.32 Å². The van der Waals surface area contributed by atoms with Crippen LogP contribution in [0.2, 0.25) is 18.1 Å². The average molecular weight is 501 g/mol. The van der Waals surface area contributed by atoms with E-state index >= 15 is 4.39 Å². The SMILES string of the molecule is CC(C)(C)[Si](C)(C)OCCN1CCC(OC(=O)NCc2ccccc2)C(F)C1Cc1ccccc1. The fourth-order valence-electron chi connectivity index (χ4n) is 4.15. The summed E-state index contributed by atoms with van der Waals surface area (Å²) >= 11 is 0. The molecule has 7 heteroatoms. The highest BCUT2D eigenvalue weighted by molar-refractivity contribution is 6.74. The third-order valence-corrected chi connectivity index (χ3v) is 11.9. The second kappa shape index (κ2) is 12.1. The molecule has 35 heavy (non-hydrogen) atoms. The first-order valence-corrected chi connectivity index (χ1v) is 15.5. The van der Waals surface area contributed by atoms with Gasteiger partial charge in [-0.1, -0.05) is 81.4 Å². The number of hydrogen-bond donors (Lipinski definition) is 1. The van der Waals surface area contributed by atoms with Crippen molar-refractivity contribution in [2.45, 2.75) is 76.6 Å². The molecule has 0 saturated carbocycles. The van der Waals surface area contributed by atoms with Crippen LogP contribution in [0.15, 0.2) is 60.7 Å². The van der Waals surface area contributed by atoms with Crippen LogP contribution in [0.3, 0.4) is 0 Å². The van der Waals surface area contributed by atoms with Crippen molar-refractivity contribution in [2.75, 3.05) is 19.7 Å². The topological polar surface area (TPSA) is 50.8 Å². The van der Waals surface area contributed by atoms with Crippen molar-refractivity contribution < 1.29 is 18.3 Å². The summed E-state index contributed by atoms with van der Waals surface area (Å²) in [5.41, 5.74) is 2.05. The Bertz CT molecular complexity index is 921. The van der Waals surface area contributed by atoms with Gasteiger partial charge in [-0.15, -0.1) is 0 Å². The Morgan fingerprint density at radius 1 is 1.06 bits per heavy atom. The van der Waals surface area contributed by atoms with Crippen molar-refractivity contribution in [3.05, 3.63) is 71.8 Å². The van der Waals surface area contributed by atoms with E-state index in [4.69, 9.17) is 9.16 Å². The standard InChI is InChI=1S/C28H41FN2O3Si/c1-28(2,3)35(4,5)33-19-18-31-17-16-25(26(29)24(31)20-22-12-8-6-9-13-22)34-27(32)30-21-23-14-10-7-11-15-23/h6-15,24-26H,16-21H2,1-5H3,(H,30,32). The minimum atomic E-state index is -1.87. The Balaban J connectivity index is 1.62. The predicted molar refractivity (Wildman–Crippen MR) is 142 cm³/mol. The zero-order chi connectivity index (χ0) is 25.5. The summed E-state index contributed by atoms with van der Waals surface area (Å²) in [6.45, 7) is 13.4. The zero-order valence-corrected chi connectivity index (χ0v) is 22.8. The molecule has 1 aliphatic rings. The highest BCUT2D eigenvalue weighted by Crippen LogP contribution is 2.36. The number of hydrogen-bond acceptors (Lipinski definition) is 4. The third-order valence-electron chi connectivity index (χ3n) is 7.37. The number of carbonyl (C=O) groups excluding carboxylic acids is 1. The van der Waals surface area contributed by atoms with E-state index in [9.17, 15) is 4.79 Å². The van der Waals surface area contributed by atoms with Crippen molar-refractivity contribution in [2.24, 2.45) is 0 Å². The summed E-state index contributed by atoms with van der Waals surface area (Å²) in [6.07, 6.45) is -1.59. The molecule has 1 amide bonds. The van der Waals surface area contributed by atoms with Crippen LogP contribution in [0.25, 0.3) is 0 Å². The lowest BCUT2D eigenvalue weighted by molar-refractivity contribution is -0.0452. The van der Waals surface area contributed by atoms with Gasteiger partial charge in [0.25, 0.3) is 0 Å². The Morgan fingerprint density at radius 3 is 2.26 bits per heavy atom. The van der Waals surface area contributed by atoms with Gasteiger partial charge in [0.2, 0.25) is 0 Å². The van der Waals surface area contributed by atoms with Crippen molar-refractivity contribution in [1.29, 1.82) is 0 Å². The molecule has 3 atom stereocenters. The summed E-state index contributed by atoms with van der Waals surface area (Å²) in [6, 6.07) is 19.2. The van der Waals surface area contributed by atoms with E-state index in [0.717, 1.165) is 11.1 Å². The summed E-state index contributed by atoms with van der Waals surface area (Å²) in [7, 11) is -1.87. The molecule has 3 rings (SSSR count). The smallest absolute Gasteiger partial charge is 0.407 e. The van der Waals surface area contributed by atoms with E-state index in [1.807, 2.05) is 60.7 Å². The monoisotopic (exact) mass is 500 g/mol. The highest BCUT2D eigenvalue weighted by Gasteiger charge is 2.41. The Hall–Kier alpha value is -2.22. The number of amides is 1. The number of carbonyl (C=O) groups is 1. The summed E-state index contributed by atoms with van der Waals surface area (Å²) in [5, 5.41) is 2.88. The van der Waals surface area contributed by atoms with Gasteiger partial charge in [-0.3, -0.25) is 4.90 Å². The molecule has 0 aromatic heterocycles. The quantitative estimate of drug-likeness (QED) is 0.432. The average Bonchev–Trinajstić information content (AvgIpc) is 2.82. The summed E-state index contributed by atoms with van der Waals surface area (Å²) in [4.78, 5) is 14.6. The Labute approximate surface area is 211 Å². The highest BCUT2D eigenvalue weighted by atomic mass is 28.4. The number of rotatable bonds is 9. The molecule has 0 spiro atoms. The van der Waals surface area contributed by atoms with E-state index in [-0.39, 0.29) is 11.1 Å². The number of nitrogens with zero attached hydrogens (tertiary/aromatic N) is 1. The molecule has 0 bridgehead atoms. The van der Waals surface area contributed by atoms with E-state index < -0.39 is 26.7 Å². The number of alkyl halides is 1. The van der Waals surface area contributed by atoms with E-state index in [0.29, 0.717) is 39.1 Å². The predicted octanol–water partition coefficient (Wildman–Crippen LogP) is 5.96. The lowest BCUT2D eigenvalue weighted by atomic mass is 9.92. The number of nitrogens with one attached hydrogen (secondary N) is 1. The number of alkyl carbamates (subject to hydrolysis) is 1. The largest absolute Gasteiger partial charge is 0.443 e. The van der Waals surface area contributed by atoms with Gasteiger partial charge in [-0.25, -0.2) is 9.18 Å². The maximum Gasteiger partial charge on any atom is 0.407 e. The Morgan fingerprint density at radius 2 is 1.66 bits per heavy atom. The van der Waals surface area contributed by atoms with Crippen molar-refractivity contribution in [3.8, 4) is 0 Å². The van der Waals surface area contributed by atoms with E-state index in [1.54, 1.807) is 0 Å². The number of likely N-dealkylation sites (tertiary alicyclic amines) is 1. The molecule has 2 aromatic carbocycles. The minimum Gasteiger partial charge on any atom is -0.443 e. The van der Waals surface area contributed by atoms with Gasteiger partial charge in [-0.2, -0.15) is 0 Å². The lowest BCUT2D eigenvalue weighted by Gasteiger charge is -2.42. The van der Waals surface area contributed by atoms with Gasteiger partial charge in [-0.05, 0) is 35.7 Å². The van der Waals surface area contributed by atoms with Gasteiger partial charge >= 0.3 is 6.09 Å². The second-order valence-electron chi connectivity index (χ2n) is 10.9. The van der Waals surface area contributed by atoms with Crippen LogP contribution in [0.4, 0.5) is 9.18 Å². The van der Waals surface area contributed by atoms with Crippen LogP contribution in [0.1, 0.15) is 38.3 Å². The van der Waals surface area contributed by atoms with Crippen LogP contribution in [-0.2, 0) is 22.1 Å². The second-order valence-corrected chi connectivity index (χ2v) is 15.7. The molecule has 3 unspecified atom stereocenters. The lowest BCUT2D eigenvalue weighted by Crippen LogP contribution is -2.56. The molecule has 5 nitrogen and oxygen atoms in total. The molecule has 1 N–H and O–H groups in total. The van der Waals surface area contributed by atoms with Gasteiger partial charge < -0.3 is 14.5 Å². The zero-order valence-electron chi connectivity index (χ0n) is 21.8.